The van der Waals surface area contributed by atoms with Gasteiger partial charge in [0.15, 0.2) is 0 Å². The number of carbonyl (C=O) groups is 1. The normalized spacial score (nSPS) is 28.6. The van der Waals surface area contributed by atoms with Crippen molar-refractivity contribution in [2.45, 2.75) is 55.9 Å². The predicted octanol–water partition coefficient (Wildman–Crippen LogP) is 1.55. The highest BCUT2D eigenvalue weighted by atomic mass is 79.9. The maximum absolute atomic E-state index is 11.6. The van der Waals surface area contributed by atoms with Crippen molar-refractivity contribution in [2.24, 2.45) is 5.73 Å². The maximum atomic E-state index is 11.6. The second-order valence-electron chi connectivity index (χ2n) is 4.56. The van der Waals surface area contributed by atoms with Crippen LogP contribution in [0, 0.1) is 0 Å². The Balaban J connectivity index is 2.35. The van der Waals surface area contributed by atoms with Crippen molar-refractivity contribution in [1.82, 2.24) is 5.32 Å². The van der Waals surface area contributed by atoms with Crippen LogP contribution in [-0.2, 0) is 4.79 Å². The van der Waals surface area contributed by atoms with E-state index in [-0.39, 0.29) is 5.91 Å². The number of alkyl halides is 1. The molecule has 1 fully saturated rings. The van der Waals surface area contributed by atoms with E-state index in [0.29, 0.717) is 12.1 Å². The van der Waals surface area contributed by atoms with Gasteiger partial charge < -0.3 is 11.1 Å². The van der Waals surface area contributed by atoms with Crippen LogP contribution in [-0.4, -0.2) is 22.3 Å². The first-order chi connectivity index (χ1) is 6.39. The largest absolute Gasteiger partial charge is 0.352 e. The standard InChI is InChI=1S/C10H19BrN2O/c1-10(2,11)9(14)13-8-5-3-7(12)4-6-8/h7-8H,3-6,12H2,1-2H3,(H,13,14). The lowest BCUT2D eigenvalue weighted by molar-refractivity contribution is -0.123. The quantitative estimate of drug-likeness (QED) is 0.742. The number of rotatable bonds is 2. The van der Waals surface area contributed by atoms with Gasteiger partial charge in [-0.15, -0.1) is 0 Å². The summed E-state index contributed by atoms with van der Waals surface area (Å²) in [6.45, 7) is 3.72. The van der Waals surface area contributed by atoms with Crippen LogP contribution in [0.4, 0.5) is 0 Å². The van der Waals surface area contributed by atoms with Gasteiger partial charge in [0.05, 0.1) is 4.32 Å². The van der Waals surface area contributed by atoms with E-state index in [1.54, 1.807) is 0 Å². The van der Waals surface area contributed by atoms with E-state index in [1.807, 2.05) is 13.8 Å². The summed E-state index contributed by atoms with van der Waals surface area (Å²) in [4.78, 5) is 11.6. The summed E-state index contributed by atoms with van der Waals surface area (Å²) in [6.07, 6.45) is 4.06. The van der Waals surface area contributed by atoms with Crippen molar-refractivity contribution in [2.75, 3.05) is 0 Å². The molecule has 0 aromatic rings. The summed E-state index contributed by atoms with van der Waals surface area (Å²) in [7, 11) is 0. The molecule has 0 aliphatic heterocycles. The average molecular weight is 263 g/mol. The van der Waals surface area contributed by atoms with Crippen LogP contribution >= 0.6 is 15.9 Å². The Morgan fingerprint density at radius 3 is 2.29 bits per heavy atom. The van der Waals surface area contributed by atoms with Crippen LogP contribution < -0.4 is 11.1 Å². The van der Waals surface area contributed by atoms with Crippen molar-refractivity contribution in [3.8, 4) is 0 Å². The molecule has 0 unspecified atom stereocenters. The first kappa shape index (κ1) is 12.0. The second-order valence-corrected chi connectivity index (χ2v) is 6.54. The Labute approximate surface area is 93.9 Å². The van der Waals surface area contributed by atoms with Crippen LogP contribution in [0.5, 0.6) is 0 Å². The van der Waals surface area contributed by atoms with Crippen LogP contribution in [0.2, 0.25) is 0 Å². The van der Waals surface area contributed by atoms with Gasteiger partial charge in [0, 0.05) is 12.1 Å². The summed E-state index contributed by atoms with van der Waals surface area (Å²) in [5.41, 5.74) is 5.79. The first-order valence-corrected chi connectivity index (χ1v) is 5.94. The van der Waals surface area contributed by atoms with Crippen LogP contribution in [0.3, 0.4) is 0 Å². The number of amides is 1. The van der Waals surface area contributed by atoms with Crippen molar-refractivity contribution >= 4 is 21.8 Å². The third-order valence-electron chi connectivity index (χ3n) is 2.65. The number of halogens is 1. The smallest absolute Gasteiger partial charge is 0.236 e. The molecular formula is C10H19BrN2O. The fourth-order valence-electron chi connectivity index (χ4n) is 1.62. The molecule has 1 rings (SSSR count). The molecule has 14 heavy (non-hydrogen) atoms. The lowest BCUT2D eigenvalue weighted by atomic mass is 9.91. The Hall–Kier alpha value is -0.0900. The minimum Gasteiger partial charge on any atom is -0.352 e. The van der Waals surface area contributed by atoms with Crippen LogP contribution in [0.1, 0.15) is 39.5 Å². The maximum Gasteiger partial charge on any atom is 0.236 e. The van der Waals surface area contributed by atoms with Gasteiger partial charge in [-0.2, -0.15) is 0 Å². The van der Waals surface area contributed by atoms with Gasteiger partial charge in [-0.25, -0.2) is 0 Å². The van der Waals surface area contributed by atoms with Crippen LogP contribution in [0.25, 0.3) is 0 Å². The SMILES string of the molecule is CC(C)(Br)C(=O)NC1CCC(N)CC1. The Morgan fingerprint density at radius 1 is 1.36 bits per heavy atom. The molecule has 1 amide bonds. The summed E-state index contributed by atoms with van der Waals surface area (Å²) < 4.78 is -0.466. The van der Waals surface area contributed by atoms with E-state index >= 15 is 0 Å². The van der Waals surface area contributed by atoms with Crippen LogP contribution in [0.15, 0.2) is 0 Å². The molecule has 4 heteroatoms. The third kappa shape index (κ3) is 3.58. The van der Waals surface area contributed by atoms with E-state index in [1.165, 1.54) is 0 Å². The zero-order chi connectivity index (χ0) is 10.8. The molecule has 0 saturated heterocycles. The van der Waals surface area contributed by atoms with Gasteiger partial charge in [0.1, 0.15) is 0 Å². The zero-order valence-corrected chi connectivity index (χ0v) is 10.4. The summed E-state index contributed by atoms with van der Waals surface area (Å²) >= 11 is 3.35. The number of hydrogen-bond acceptors (Lipinski definition) is 2. The monoisotopic (exact) mass is 262 g/mol. The lowest BCUT2D eigenvalue weighted by Gasteiger charge is -2.29. The molecule has 0 atom stereocenters. The number of nitrogens with two attached hydrogens (primary N) is 1. The summed E-state index contributed by atoms with van der Waals surface area (Å²) in [5.74, 6) is 0.0676. The molecule has 0 bridgehead atoms. The minimum atomic E-state index is -0.466. The topological polar surface area (TPSA) is 55.1 Å². The highest BCUT2D eigenvalue weighted by molar-refractivity contribution is 9.10. The molecule has 3 N–H and O–H groups in total. The van der Waals surface area contributed by atoms with Gasteiger partial charge >= 0.3 is 0 Å². The van der Waals surface area contributed by atoms with Crippen molar-refractivity contribution < 1.29 is 4.79 Å². The number of carbonyl (C=O) groups excluding carboxylic acids is 1. The van der Waals surface area contributed by atoms with Gasteiger partial charge in [-0.1, -0.05) is 15.9 Å². The molecule has 1 aliphatic rings. The van der Waals surface area contributed by atoms with Crippen molar-refractivity contribution in [3.05, 3.63) is 0 Å². The van der Waals surface area contributed by atoms with Gasteiger partial charge in [0.2, 0.25) is 5.91 Å². The molecule has 0 radical (unpaired) electrons. The predicted molar refractivity (Wildman–Crippen MR) is 61.4 cm³/mol. The third-order valence-corrected chi connectivity index (χ3v) is 3.01. The van der Waals surface area contributed by atoms with E-state index < -0.39 is 4.32 Å². The molecule has 82 valence electrons. The van der Waals surface area contributed by atoms with Gasteiger partial charge in [-0.3, -0.25) is 4.79 Å². The fourth-order valence-corrected chi connectivity index (χ4v) is 1.74. The van der Waals surface area contributed by atoms with Crippen molar-refractivity contribution in [3.63, 3.8) is 0 Å². The molecule has 0 aromatic heterocycles. The first-order valence-electron chi connectivity index (χ1n) is 5.15. The minimum absolute atomic E-state index is 0.0676. The van der Waals surface area contributed by atoms with E-state index in [2.05, 4.69) is 21.2 Å². The van der Waals surface area contributed by atoms with Gasteiger partial charge in [0.25, 0.3) is 0 Å². The number of hydrogen-bond donors (Lipinski definition) is 2. The highest BCUT2D eigenvalue weighted by Gasteiger charge is 2.27. The molecule has 0 spiro atoms. The Bertz CT molecular complexity index is 205. The van der Waals surface area contributed by atoms with E-state index in [4.69, 9.17) is 5.73 Å². The fraction of sp³-hybridized carbons (Fsp3) is 0.900. The Kier molecular flexibility index (Phi) is 3.95. The van der Waals surface area contributed by atoms with E-state index in [0.717, 1.165) is 25.7 Å². The molecule has 3 nitrogen and oxygen atoms in total. The molecule has 0 aromatic carbocycles. The zero-order valence-electron chi connectivity index (χ0n) is 8.85. The Morgan fingerprint density at radius 2 is 1.86 bits per heavy atom. The molecule has 1 saturated carbocycles. The number of nitrogens with one attached hydrogen (secondary N) is 1. The summed E-state index contributed by atoms with van der Waals surface area (Å²) in [6, 6.07) is 0.652. The average Bonchev–Trinajstić information content (AvgIpc) is 2.07. The molecular weight excluding hydrogens is 244 g/mol. The summed E-state index contributed by atoms with van der Waals surface area (Å²) in [5, 5.41) is 3.04. The second kappa shape index (κ2) is 4.62. The molecule has 1 aliphatic carbocycles. The highest BCUT2D eigenvalue weighted by Crippen LogP contribution is 2.20. The van der Waals surface area contributed by atoms with Gasteiger partial charge in [-0.05, 0) is 39.5 Å². The molecule has 0 heterocycles. The lowest BCUT2D eigenvalue weighted by Crippen LogP contribution is -2.46. The van der Waals surface area contributed by atoms with Crippen molar-refractivity contribution in [1.29, 1.82) is 0 Å². The van der Waals surface area contributed by atoms with E-state index in [9.17, 15) is 4.79 Å².